The van der Waals surface area contributed by atoms with E-state index >= 15 is 0 Å². The van der Waals surface area contributed by atoms with Crippen molar-refractivity contribution in [3.63, 3.8) is 0 Å². The smallest absolute Gasteiger partial charge is 0.481 e. The third kappa shape index (κ3) is 4.14. The number of rotatable bonds is 5. The minimum atomic E-state index is -5.34. The Kier molecular flexibility index (Phi) is 5.09. The van der Waals surface area contributed by atoms with Crippen molar-refractivity contribution in [1.29, 1.82) is 0 Å². The standard InChI is InChI=1S/C11H11F3O4S2/c1-7(6-10(15)16)19-8-2-4-9(5-3-8)20(17,18)11(12,13)14/h2-5,7H,6H2,1H3,(H,15,16). The first-order valence-electron chi connectivity index (χ1n) is 5.34. The van der Waals surface area contributed by atoms with Crippen molar-refractivity contribution in [2.24, 2.45) is 0 Å². The Morgan fingerprint density at radius 2 is 1.80 bits per heavy atom. The Morgan fingerprint density at radius 1 is 1.30 bits per heavy atom. The Hall–Kier alpha value is -1.22. The van der Waals surface area contributed by atoms with Gasteiger partial charge in [0.2, 0.25) is 0 Å². The first-order valence-corrected chi connectivity index (χ1v) is 7.70. The van der Waals surface area contributed by atoms with Crippen molar-refractivity contribution >= 4 is 27.6 Å². The molecule has 0 radical (unpaired) electrons. The lowest BCUT2D eigenvalue weighted by atomic mass is 10.3. The molecule has 0 saturated heterocycles. The largest absolute Gasteiger partial charge is 0.501 e. The van der Waals surface area contributed by atoms with E-state index in [2.05, 4.69) is 0 Å². The van der Waals surface area contributed by atoms with Gasteiger partial charge >= 0.3 is 11.5 Å². The molecule has 1 aromatic carbocycles. The number of carbonyl (C=O) groups is 1. The minimum absolute atomic E-state index is 0.104. The number of carboxylic acids is 1. The van der Waals surface area contributed by atoms with Crippen LogP contribution in [0.25, 0.3) is 0 Å². The molecular formula is C11H11F3O4S2. The number of thioether (sulfide) groups is 1. The van der Waals surface area contributed by atoms with Crippen LogP contribution in [-0.4, -0.2) is 30.3 Å². The Labute approximate surface area is 117 Å². The highest BCUT2D eigenvalue weighted by Gasteiger charge is 2.46. The third-order valence-electron chi connectivity index (χ3n) is 2.24. The maximum Gasteiger partial charge on any atom is 0.501 e. The van der Waals surface area contributed by atoms with Gasteiger partial charge in [-0.2, -0.15) is 13.2 Å². The highest BCUT2D eigenvalue weighted by molar-refractivity contribution is 8.00. The summed E-state index contributed by atoms with van der Waals surface area (Å²) in [5.41, 5.74) is -5.34. The molecule has 4 nitrogen and oxygen atoms in total. The van der Waals surface area contributed by atoms with E-state index in [-0.39, 0.29) is 11.7 Å². The van der Waals surface area contributed by atoms with E-state index in [1.807, 2.05) is 0 Å². The minimum Gasteiger partial charge on any atom is -0.481 e. The van der Waals surface area contributed by atoms with Crippen LogP contribution < -0.4 is 0 Å². The zero-order valence-electron chi connectivity index (χ0n) is 10.2. The van der Waals surface area contributed by atoms with Crippen LogP contribution in [0, 0.1) is 0 Å². The Balaban J connectivity index is 2.88. The van der Waals surface area contributed by atoms with Crippen LogP contribution in [0.5, 0.6) is 0 Å². The zero-order valence-corrected chi connectivity index (χ0v) is 11.8. The molecule has 0 spiro atoms. The summed E-state index contributed by atoms with van der Waals surface area (Å²) in [5, 5.41) is 8.30. The van der Waals surface area contributed by atoms with Crippen molar-refractivity contribution < 1.29 is 31.5 Å². The van der Waals surface area contributed by atoms with Crippen molar-refractivity contribution in [3.05, 3.63) is 24.3 Å². The van der Waals surface area contributed by atoms with E-state index in [4.69, 9.17) is 5.11 Å². The third-order valence-corrected chi connectivity index (χ3v) is 4.85. The zero-order chi connectivity index (χ0) is 15.6. The molecule has 0 aliphatic rings. The van der Waals surface area contributed by atoms with Crippen molar-refractivity contribution in [2.45, 2.75) is 33.9 Å². The number of halogens is 3. The Morgan fingerprint density at radius 3 is 2.20 bits per heavy atom. The van der Waals surface area contributed by atoms with Gasteiger partial charge in [0.15, 0.2) is 0 Å². The number of hydrogen-bond donors (Lipinski definition) is 1. The van der Waals surface area contributed by atoms with Gasteiger partial charge in [-0.25, -0.2) is 8.42 Å². The van der Waals surface area contributed by atoms with Crippen LogP contribution in [0.1, 0.15) is 13.3 Å². The Bertz CT molecular complexity index is 579. The fraction of sp³-hybridized carbons (Fsp3) is 0.364. The summed E-state index contributed by atoms with van der Waals surface area (Å²) >= 11 is 1.14. The molecule has 20 heavy (non-hydrogen) atoms. The molecule has 112 valence electrons. The van der Waals surface area contributed by atoms with Crippen LogP contribution >= 0.6 is 11.8 Å². The number of benzene rings is 1. The first kappa shape index (κ1) is 16.8. The molecule has 1 unspecified atom stereocenters. The second kappa shape index (κ2) is 6.04. The molecule has 0 aliphatic heterocycles. The summed E-state index contributed by atoms with van der Waals surface area (Å²) < 4.78 is 59.2. The quantitative estimate of drug-likeness (QED) is 0.842. The van der Waals surface area contributed by atoms with Gasteiger partial charge in [0.1, 0.15) is 0 Å². The number of hydrogen-bond acceptors (Lipinski definition) is 4. The van der Waals surface area contributed by atoms with Gasteiger partial charge in [0, 0.05) is 10.1 Å². The van der Waals surface area contributed by atoms with E-state index in [0.717, 1.165) is 23.9 Å². The molecule has 0 heterocycles. The molecule has 1 rings (SSSR count). The van der Waals surface area contributed by atoms with Gasteiger partial charge in [-0.3, -0.25) is 4.79 Å². The number of aliphatic carboxylic acids is 1. The van der Waals surface area contributed by atoms with E-state index in [9.17, 15) is 26.4 Å². The molecule has 0 aliphatic carbocycles. The predicted octanol–water partition coefficient (Wildman–Crippen LogP) is 2.94. The summed E-state index contributed by atoms with van der Waals surface area (Å²) in [6, 6.07) is 4.17. The van der Waals surface area contributed by atoms with Crippen LogP contribution in [0.2, 0.25) is 0 Å². The van der Waals surface area contributed by atoms with E-state index in [0.29, 0.717) is 4.90 Å². The maximum atomic E-state index is 12.3. The van der Waals surface area contributed by atoms with Gasteiger partial charge in [0.05, 0.1) is 11.3 Å². The molecule has 0 bridgehead atoms. The normalized spacial score (nSPS) is 14.0. The summed E-state index contributed by atoms with van der Waals surface area (Å²) in [7, 11) is -5.34. The number of alkyl halides is 3. The van der Waals surface area contributed by atoms with Gasteiger partial charge in [-0.15, -0.1) is 11.8 Å². The molecule has 9 heteroatoms. The van der Waals surface area contributed by atoms with Crippen LogP contribution in [0.4, 0.5) is 13.2 Å². The fourth-order valence-electron chi connectivity index (χ4n) is 1.35. The highest BCUT2D eigenvalue weighted by Crippen LogP contribution is 2.32. The van der Waals surface area contributed by atoms with Crippen LogP contribution in [-0.2, 0) is 14.6 Å². The monoisotopic (exact) mass is 328 g/mol. The molecule has 1 N–H and O–H groups in total. The maximum absolute atomic E-state index is 12.3. The summed E-state index contributed by atoms with van der Waals surface area (Å²) in [6.07, 6.45) is -0.104. The van der Waals surface area contributed by atoms with Crippen molar-refractivity contribution in [1.82, 2.24) is 0 Å². The van der Waals surface area contributed by atoms with Gasteiger partial charge in [0.25, 0.3) is 9.84 Å². The van der Waals surface area contributed by atoms with Crippen LogP contribution in [0.3, 0.4) is 0 Å². The summed E-state index contributed by atoms with van der Waals surface area (Å²) in [6.45, 7) is 1.65. The first-order chi connectivity index (χ1) is 9.04. The van der Waals surface area contributed by atoms with Gasteiger partial charge < -0.3 is 5.11 Å². The SMILES string of the molecule is CC(CC(=O)O)Sc1ccc(S(=O)(=O)C(F)(F)F)cc1. The second-order valence-electron chi connectivity index (χ2n) is 3.95. The summed E-state index contributed by atoms with van der Waals surface area (Å²) in [4.78, 5) is 10.1. The molecule has 0 amide bonds. The molecule has 0 saturated carbocycles. The number of sulfone groups is 1. The van der Waals surface area contributed by atoms with Gasteiger partial charge in [-0.1, -0.05) is 6.92 Å². The lowest BCUT2D eigenvalue weighted by molar-refractivity contribution is -0.136. The lowest BCUT2D eigenvalue weighted by Gasteiger charge is -2.10. The van der Waals surface area contributed by atoms with E-state index in [1.165, 1.54) is 12.1 Å². The second-order valence-corrected chi connectivity index (χ2v) is 7.40. The predicted molar refractivity (Wildman–Crippen MR) is 67.3 cm³/mol. The average molecular weight is 328 g/mol. The molecule has 1 atom stereocenters. The van der Waals surface area contributed by atoms with Gasteiger partial charge in [-0.05, 0) is 24.3 Å². The summed E-state index contributed by atoms with van der Waals surface area (Å²) in [5.74, 6) is -0.985. The van der Waals surface area contributed by atoms with Crippen molar-refractivity contribution in [2.75, 3.05) is 0 Å². The average Bonchev–Trinajstić information content (AvgIpc) is 2.26. The van der Waals surface area contributed by atoms with Crippen LogP contribution in [0.15, 0.2) is 34.1 Å². The van der Waals surface area contributed by atoms with E-state index < -0.39 is 26.2 Å². The molecule has 0 aromatic heterocycles. The highest BCUT2D eigenvalue weighted by atomic mass is 32.2. The molecule has 1 aromatic rings. The lowest BCUT2D eigenvalue weighted by Crippen LogP contribution is -2.23. The topological polar surface area (TPSA) is 71.4 Å². The van der Waals surface area contributed by atoms with E-state index in [1.54, 1.807) is 6.92 Å². The molecule has 0 fully saturated rings. The molecular weight excluding hydrogens is 317 g/mol. The fourth-order valence-corrected chi connectivity index (χ4v) is 3.10. The van der Waals surface area contributed by atoms with Crippen molar-refractivity contribution in [3.8, 4) is 0 Å². The number of carboxylic acid groups (broad SMARTS) is 1.